The molecule has 0 aromatic heterocycles. The number of hydrogen-bond donors (Lipinski definition) is 2. The van der Waals surface area contributed by atoms with E-state index in [9.17, 15) is 4.79 Å². The van der Waals surface area contributed by atoms with Crippen molar-refractivity contribution in [2.24, 2.45) is 5.73 Å². The number of rotatable bonds is 2. The number of hydrogen-bond acceptors (Lipinski definition) is 3. The van der Waals surface area contributed by atoms with Crippen molar-refractivity contribution in [3.8, 4) is 0 Å². The van der Waals surface area contributed by atoms with Crippen molar-refractivity contribution in [2.75, 3.05) is 17.3 Å². The van der Waals surface area contributed by atoms with E-state index in [1.807, 2.05) is 32.9 Å². The Morgan fingerprint density at radius 3 is 2.47 bits per heavy atom. The fourth-order valence-corrected chi connectivity index (χ4v) is 1.54. The third-order valence-electron chi connectivity index (χ3n) is 2.19. The first-order valence-corrected chi connectivity index (χ1v) is 6.24. The normalized spacial score (nSPS) is 10.7. The third kappa shape index (κ3) is 4.75. The summed E-state index contributed by atoms with van der Waals surface area (Å²) in [5.74, 6) is 0. The first-order valence-electron chi connectivity index (χ1n) is 5.83. The summed E-state index contributed by atoms with van der Waals surface area (Å²) < 4.78 is 5.31. The van der Waals surface area contributed by atoms with E-state index < -0.39 is 11.7 Å². The van der Waals surface area contributed by atoms with Crippen molar-refractivity contribution >= 4 is 34.8 Å². The van der Waals surface area contributed by atoms with Crippen LogP contribution in [-0.4, -0.2) is 23.9 Å². The minimum atomic E-state index is -0.545. The number of nitrogens with one attached hydrogen (secondary N) is 1. The highest BCUT2D eigenvalue weighted by molar-refractivity contribution is 7.80. The molecule has 0 heterocycles. The predicted molar refractivity (Wildman–Crippen MR) is 81.5 cm³/mol. The molecule has 0 bridgehead atoms. The molecule has 0 spiro atoms. The molecule has 1 aromatic carbocycles. The van der Waals surface area contributed by atoms with Crippen molar-refractivity contribution in [2.45, 2.75) is 26.4 Å². The molecule has 0 saturated heterocycles. The Hall–Kier alpha value is -1.82. The molecule has 1 amide bonds. The average molecular weight is 281 g/mol. The van der Waals surface area contributed by atoms with E-state index in [4.69, 9.17) is 22.7 Å². The summed E-state index contributed by atoms with van der Waals surface area (Å²) in [5, 5.41) is 2.98. The van der Waals surface area contributed by atoms with E-state index in [2.05, 4.69) is 5.32 Å². The summed E-state index contributed by atoms with van der Waals surface area (Å²) in [4.78, 5) is 13.4. The van der Waals surface area contributed by atoms with E-state index in [1.165, 1.54) is 4.90 Å². The van der Waals surface area contributed by atoms with Crippen molar-refractivity contribution in [3.05, 3.63) is 24.3 Å². The standard InChI is InChI=1S/C13H19N3O2S/c1-13(2,3)18-12(17)16(4)10-8-6-5-7-9(10)15-11(14)19/h5-8H,1-4H3,(H3,14,15,19). The fourth-order valence-electron chi connectivity index (χ4n) is 1.43. The van der Waals surface area contributed by atoms with Gasteiger partial charge in [-0.05, 0) is 45.1 Å². The van der Waals surface area contributed by atoms with Crippen LogP contribution in [0.2, 0.25) is 0 Å². The summed E-state index contributed by atoms with van der Waals surface area (Å²) in [6.45, 7) is 5.45. The molecule has 5 nitrogen and oxygen atoms in total. The summed E-state index contributed by atoms with van der Waals surface area (Å²) in [6, 6.07) is 7.22. The zero-order chi connectivity index (χ0) is 14.6. The number of carbonyl (C=O) groups is 1. The van der Waals surface area contributed by atoms with Crippen LogP contribution in [-0.2, 0) is 4.74 Å². The van der Waals surface area contributed by atoms with Gasteiger partial charge in [-0.1, -0.05) is 12.1 Å². The second kappa shape index (κ2) is 5.88. The zero-order valence-electron chi connectivity index (χ0n) is 11.6. The lowest BCUT2D eigenvalue weighted by molar-refractivity contribution is 0.0589. The number of ether oxygens (including phenoxy) is 1. The van der Waals surface area contributed by atoms with Gasteiger partial charge in [0.1, 0.15) is 5.60 Å². The number of nitrogens with zero attached hydrogens (tertiary/aromatic N) is 1. The summed E-state index contributed by atoms with van der Waals surface area (Å²) in [5.41, 5.74) is 6.21. The van der Waals surface area contributed by atoms with Gasteiger partial charge in [0.15, 0.2) is 5.11 Å². The van der Waals surface area contributed by atoms with E-state index in [0.29, 0.717) is 11.4 Å². The van der Waals surface area contributed by atoms with Gasteiger partial charge in [0.25, 0.3) is 0 Å². The van der Waals surface area contributed by atoms with Crippen LogP contribution < -0.4 is 16.0 Å². The lowest BCUT2D eigenvalue weighted by Crippen LogP contribution is -2.34. The Kier molecular flexibility index (Phi) is 4.72. The number of nitrogens with two attached hydrogens (primary N) is 1. The van der Waals surface area contributed by atoms with Gasteiger partial charge in [-0.2, -0.15) is 0 Å². The van der Waals surface area contributed by atoms with Gasteiger partial charge < -0.3 is 15.8 Å². The highest BCUT2D eigenvalue weighted by Crippen LogP contribution is 2.25. The largest absolute Gasteiger partial charge is 0.443 e. The van der Waals surface area contributed by atoms with E-state index in [0.717, 1.165) is 0 Å². The Morgan fingerprint density at radius 1 is 1.37 bits per heavy atom. The number of benzene rings is 1. The lowest BCUT2D eigenvalue weighted by atomic mass is 10.2. The predicted octanol–water partition coefficient (Wildman–Crippen LogP) is 2.71. The molecule has 0 radical (unpaired) electrons. The van der Waals surface area contributed by atoms with Crippen LogP contribution in [0.5, 0.6) is 0 Å². The lowest BCUT2D eigenvalue weighted by Gasteiger charge is -2.26. The van der Waals surface area contributed by atoms with Crippen LogP contribution in [0.4, 0.5) is 16.2 Å². The molecule has 0 aliphatic rings. The number of carbonyl (C=O) groups excluding carboxylic acids is 1. The first kappa shape index (κ1) is 15.2. The summed E-state index contributed by atoms with van der Waals surface area (Å²) in [7, 11) is 1.63. The van der Waals surface area contributed by atoms with E-state index in [1.54, 1.807) is 19.2 Å². The molecule has 6 heteroatoms. The van der Waals surface area contributed by atoms with E-state index >= 15 is 0 Å². The topological polar surface area (TPSA) is 67.6 Å². The molecule has 19 heavy (non-hydrogen) atoms. The number of para-hydroxylation sites is 2. The Balaban J connectivity index is 2.96. The molecule has 0 unspecified atom stereocenters. The van der Waals surface area contributed by atoms with Gasteiger partial charge in [0.2, 0.25) is 0 Å². The summed E-state index contributed by atoms with van der Waals surface area (Å²) >= 11 is 4.81. The maximum absolute atomic E-state index is 12.0. The number of thiocarbonyl (C=S) groups is 1. The van der Waals surface area contributed by atoms with Gasteiger partial charge in [-0.3, -0.25) is 4.90 Å². The van der Waals surface area contributed by atoms with Gasteiger partial charge >= 0.3 is 6.09 Å². The van der Waals surface area contributed by atoms with Crippen LogP contribution in [0.3, 0.4) is 0 Å². The SMILES string of the molecule is CN(C(=O)OC(C)(C)C)c1ccccc1NC(N)=S. The van der Waals surface area contributed by atoms with Crippen LogP contribution in [0.15, 0.2) is 24.3 Å². The minimum Gasteiger partial charge on any atom is -0.443 e. The highest BCUT2D eigenvalue weighted by Gasteiger charge is 2.22. The van der Waals surface area contributed by atoms with Crippen molar-refractivity contribution in [3.63, 3.8) is 0 Å². The minimum absolute atomic E-state index is 0.144. The molecule has 3 N–H and O–H groups in total. The maximum Gasteiger partial charge on any atom is 0.414 e. The Labute approximate surface area is 118 Å². The second-order valence-electron chi connectivity index (χ2n) is 5.05. The van der Waals surface area contributed by atoms with Gasteiger partial charge in [0, 0.05) is 7.05 Å². The van der Waals surface area contributed by atoms with Crippen molar-refractivity contribution in [1.29, 1.82) is 0 Å². The molecular weight excluding hydrogens is 262 g/mol. The van der Waals surface area contributed by atoms with Crippen molar-refractivity contribution < 1.29 is 9.53 Å². The maximum atomic E-state index is 12.0. The number of amides is 1. The molecular formula is C13H19N3O2S. The van der Waals surface area contributed by atoms with Crippen molar-refractivity contribution in [1.82, 2.24) is 0 Å². The summed E-state index contributed by atoms with van der Waals surface area (Å²) in [6.07, 6.45) is -0.440. The molecule has 0 aliphatic carbocycles. The number of anilines is 2. The average Bonchev–Trinajstić information content (AvgIpc) is 2.25. The molecule has 1 rings (SSSR count). The quantitative estimate of drug-likeness (QED) is 0.816. The molecule has 0 fully saturated rings. The smallest absolute Gasteiger partial charge is 0.414 e. The second-order valence-corrected chi connectivity index (χ2v) is 5.49. The highest BCUT2D eigenvalue weighted by atomic mass is 32.1. The van der Waals surface area contributed by atoms with Crippen LogP contribution in [0, 0.1) is 0 Å². The van der Waals surface area contributed by atoms with Gasteiger partial charge in [-0.25, -0.2) is 4.79 Å². The fraction of sp³-hybridized carbons (Fsp3) is 0.385. The molecule has 0 aliphatic heterocycles. The third-order valence-corrected chi connectivity index (χ3v) is 2.29. The van der Waals surface area contributed by atoms with Crippen LogP contribution >= 0.6 is 12.2 Å². The van der Waals surface area contributed by atoms with E-state index in [-0.39, 0.29) is 5.11 Å². The zero-order valence-corrected chi connectivity index (χ0v) is 12.4. The molecule has 0 atom stereocenters. The van der Waals surface area contributed by atoms with Gasteiger partial charge in [-0.15, -0.1) is 0 Å². The first-order chi connectivity index (χ1) is 8.70. The molecule has 104 valence electrons. The monoisotopic (exact) mass is 281 g/mol. The van der Waals surface area contributed by atoms with Gasteiger partial charge in [0.05, 0.1) is 11.4 Å². The van der Waals surface area contributed by atoms with Crippen LogP contribution in [0.25, 0.3) is 0 Å². The Morgan fingerprint density at radius 2 is 1.95 bits per heavy atom. The molecule has 1 aromatic rings. The van der Waals surface area contributed by atoms with Crippen LogP contribution in [0.1, 0.15) is 20.8 Å². The Bertz CT molecular complexity index is 483. The molecule has 0 saturated carbocycles.